The van der Waals surface area contributed by atoms with E-state index in [1.807, 2.05) is 9.58 Å². The number of hydrogen-bond acceptors (Lipinski definition) is 6. The van der Waals surface area contributed by atoms with Crippen molar-refractivity contribution in [2.45, 2.75) is 32.9 Å². The van der Waals surface area contributed by atoms with Crippen LogP contribution in [0.3, 0.4) is 0 Å². The molecule has 1 saturated heterocycles. The predicted molar refractivity (Wildman–Crippen MR) is 72.1 cm³/mol. The molecular weight excluding hydrogens is 260 g/mol. The van der Waals surface area contributed by atoms with Crippen molar-refractivity contribution in [1.82, 2.24) is 30.0 Å². The zero-order valence-corrected chi connectivity index (χ0v) is 11.9. The van der Waals surface area contributed by atoms with Crippen LogP contribution in [0.1, 0.15) is 25.6 Å². The Labute approximate surface area is 118 Å². The number of rotatable bonds is 6. The normalized spacial score (nSPS) is 18.1. The van der Waals surface area contributed by atoms with Crippen LogP contribution in [0, 0.1) is 0 Å². The maximum atomic E-state index is 10.7. The van der Waals surface area contributed by atoms with E-state index in [9.17, 15) is 4.79 Å². The van der Waals surface area contributed by atoms with Gasteiger partial charge in [-0.05, 0) is 29.8 Å². The van der Waals surface area contributed by atoms with E-state index in [1.54, 1.807) is 0 Å². The van der Waals surface area contributed by atoms with Gasteiger partial charge in [0, 0.05) is 26.2 Å². The molecule has 0 amide bonds. The molecule has 8 heteroatoms. The summed E-state index contributed by atoms with van der Waals surface area (Å²) in [5.74, 6) is 0.129. The minimum atomic E-state index is -0.759. The zero-order valence-electron chi connectivity index (χ0n) is 11.9. The molecule has 1 aromatic heterocycles. The Morgan fingerprint density at radius 1 is 1.25 bits per heavy atom. The average Bonchev–Trinajstić information content (AvgIpc) is 2.70. The van der Waals surface area contributed by atoms with Crippen LogP contribution in [0.4, 0.5) is 0 Å². The Bertz CT molecular complexity index is 435. The Hall–Kier alpha value is -1.54. The lowest BCUT2D eigenvalue weighted by molar-refractivity contribution is -0.138. The fourth-order valence-corrected chi connectivity index (χ4v) is 2.45. The fraction of sp³-hybridized carbons (Fsp3) is 0.833. The molecule has 0 unspecified atom stereocenters. The van der Waals surface area contributed by atoms with Crippen LogP contribution >= 0.6 is 0 Å². The highest BCUT2D eigenvalue weighted by molar-refractivity contribution is 5.69. The van der Waals surface area contributed by atoms with E-state index >= 15 is 0 Å². The van der Waals surface area contributed by atoms with Crippen LogP contribution in [0.5, 0.6) is 0 Å². The topological polar surface area (TPSA) is 87.4 Å². The molecule has 1 aromatic rings. The Kier molecular flexibility index (Phi) is 5.42. The summed E-state index contributed by atoms with van der Waals surface area (Å²) in [4.78, 5) is 15.0. The smallest absolute Gasteiger partial charge is 0.317 e. The van der Waals surface area contributed by atoms with E-state index in [4.69, 9.17) is 5.11 Å². The lowest BCUT2D eigenvalue weighted by atomic mass is 10.3. The number of hydrogen-bond donors (Lipinski definition) is 1. The van der Waals surface area contributed by atoms with Crippen molar-refractivity contribution in [1.29, 1.82) is 0 Å². The second-order valence-electron chi connectivity index (χ2n) is 5.12. The van der Waals surface area contributed by atoms with Gasteiger partial charge < -0.3 is 5.11 Å². The average molecular weight is 282 g/mol. The van der Waals surface area contributed by atoms with Crippen LogP contribution in [0.15, 0.2) is 0 Å². The predicted octanol–water partition coefficient (Wildman–Crippen LogP) is -0.325. The van der Waals surface area contributed by atoms with E-state index in [-0.39, 0.29) is 6.54 Å². The van der Waals surface area contributed by atoms with Gasteiger partial charge in [-0.3, -0.25) is 14.6 Å². The highest BCUT2D eigenvalue weighted by Crippen LogP contribution is 2.07. The molecule has 20 heavy (non-hydrogen) atoms. The standard InChI is InChI=1S/C12H22N6O2/c1-2-4-18-11(13-14-15-18)9-16-5-3-6-17(8-7-16)10-12(19)20/h2-10H2,1H3,(H,19,20). The van der Waals surface area contributed by atoms with Gasteiger partial charge >= 0.3 is 5.97 Å². The number of aryl methyl sites for hydroxylation is 1. The number of carboxylic acids is 1. The Morgan fingerprint density at radius 3 is 2.75 bits per heavy atom. The third-order valence-electron chi connectivity index (χ3n) is 3.45. The minimum Gasteiger partial charge on any atom is -0.480 e. The quantitative estimate of drug-likeness (QED) is 0.764. The summed E-state index contributed by atoms with van der Waals surface area (Å²) < 4.78 is 1.85. The summed E-state index contributed by atoms with van der Waals surface area (Å²) in [6.45, 7) is 7.21. The molecular formula is C12H22N6O2. The van der Waals surface area contributed by atoms with Gasteiger partial charge in [0.2, 0.25) is 0 Å². The molecule has 0 aliphatic carbocycles. The summed E-state index contributed by atoms with van der Waals surface area (Å²) in [7, 11) is 0. The molecule has 8 nitrogen and oxygen atoms in total. The number of carboxylic acid groups (broad SMARTS) is 1. The first-order valence-electron chi connectivity index (χ1n) is 7.10. The first kappa shape index (κ1) is 14.9. The summed E-state index contributed by atoms with van der Waals surface area (Å²) in [5.41, 5.74) is 0. The van der Waals surface area contributed by atoms with Crippen molar-refractivity contribution in [3.05, 3.63) is 5.82 Å². The van der Waals surface area contributed by atoms with Gasteiger partial charge in [-0.15, -0.1) is 5.10 Å². The van der Waals surface area contributed by atoms with Gasteiger partial charge in [0.15, 0.2) is 5.82 Å². The molecule has 1 N–H and O–H groups in total. The number of aliphatic carboxylic acids is 1. The largest absolute Gasteiger partial charge is 0.480 e. The molecule has 1 aliphatic heterocycles. The van der Waals surface area contributed by atoms with Gasteiger partial charge in [-0.2, -0.15) is 0 Å². The van der Waals surface area contributed by atoms with Gasteiger partial charge in [-0.1, -0.05) is 6.92 Å². The van der Waals surface area contributed by atoms with Crippen molar-refractivity contribution in [2.24, 2.45) is 0 Å². The molecule has 112 valence electrons. The fourth-order valence-electron chi connectivity index (χ4n) is 2.45. The second kappa shape index (κ2) is 7.30. The van der Waals surface area contributed by atoms with Crippen LogP contribution < -0.4 is 0 Å². The van der Waals surface area contributed by atoms with Crippen molar-refractivity contribution < 1.29 is 9.90 Å². The van der Waals surface area contributed by atoms with Crippen LogP contribution in [0.2, 0.25) is 0 Å². The number of tetrazole rings is 1. The van der Waals surface area contributed by atoms with E-state index in [2.05, 4.69) is 27.3 Å². The Balaban J connectivity index is 1.87. The van der Waals surface area contributed by atoms with Crippen LogP contribution in [0.25, 0.3) is 0 Å². The van der Waals surface area contributed by atoms with Gasteiger partial charge in [0.05, 0.1) is 13.1 Å². The van der Waals surface area contributed by atoms with Gasteiger partial charge in [-0.25, -0.2) is 4.68 Å². The summed E-state index contributed by atoms with van der Waals surface area (Å²) in [6, 6.07) is 0. The van der Waals surface area contributed by atoms with Crippen molar-refractivity contribution in [2.75, 3.05) is 32.7 Å². The minimum absolute atomic E-state index is 0.126. The molecule has 1 aliphatic rings. The number of aromatic nitrogens is 4. The first-order valence-corrected chi connectivity index (χ1v) is 7.10. The van der Waals surface area contributed by atoms with Gasteiger partial charge in [0.25, 0.3) is 0 Å². The number of nitrogens with zero attached hydrogens (tertiary/aromatic N) is 6. The zero-order chi connectivity index (χ0) is 14.4. The maximum Gasteiger partial charge on any atom is 0.317 e. The third-order valence-corrected chi connectivity index (χ3v) is 3.45. The molecule has 0 atom stereocenters. The Morgan fingerprint density at radius 2 is 2.00 bits per heavy atom. The first-order chi connectivity index (χ1) is 9.69. The molecule has 0 spiro atoms. The molecule has 0 aromatic carbocycles. The molecule has 2 rings (SSSR count). The molecule has 2 heterocycles. The van der Waals surface area contributed by atoms with Crippen molar-refractivity contribution in [3.8, 4) is 0 Å². The molecule has 1 fully saturated rings. The van der Waals surface area contributed by atoms with Crippen molar-refractivity contribution >= 4 is 5.97 Å². The highest BCUT2D eigenvalue weighted by atomic mass is 16.4. The van der Waals surface area contributed by atoms with Crippen molar-refractivity contribution in [3.63, 3.8) is 0 Å². The lowest BCUT2D eigenvalue weighted by Crippen LogP contribution is -2.34. The van der Waals surface area contributed by atoms with Gasteiger partial charge in [0.1, 0.15) is 0 Å². The van der Waals surface area contributed by atoms with E-state index < -0.39 is 5.97 Å². The van der Waals surface area contributed by atoms with E-state index in [0.29, 0.717) is 0 Å². The highest BCUT2D eigenvalue weighted by Gasteiger charge is 2.18. The second-order valence-corrected chi connectivity index (χ2v) is 5.12. The summed E-state index contributed by atoms with van der Waals surface area (Å²) in [6.07, 6.45) is 1.98. The monoisotopic (exact) mass is 282 g/mol. The molecule has 0 bridgehead atoms. The summed E-state index contributed by atoms with van der Waals surface area (Å²) >= 11 is 0. The number of carbonyl (C=O) groups is 1. The van der Waals surface area contributed by atoms with E-state index in [0.717, 1.165) is 57.9 Å². The molecule has 0 radical (unpaired) electrons. The third kappa shape index (κ3) is 4.24. The SMILES string of the molecule is CCCn1nnnc1CN1CCCN(CC(=O)O)CC1. The van der Waals surface area contributed by atoms with Crippen LogP contribution in [-0.4, -0.2) is 73.8 Å². The van der Waals surface area contributed by atoms with Crippen LogP contribution in [-0.2, 0) is 17.9 Å². The summed E-state index contributed by atoms with van der Waals surface area (Å²) in [5, 5.41) is 20.6. The van der Waals surface area contributed by atoms with E-state index in [1.165, 1.54) is 0 Å². The molecule has 0 saturated carbocycles. The lowest BCUT2D eigenvalue weighted by Gasteiger charge is -2.20. The maximum absolute atomic E-state index is 10.7.